The lowest BCUT2D eigenvalue weighted by Gasteiger charge is -2.17. The van der Waals surface area contributed by atoms with Crippen molar-refractivity contribution in [3.63, 3.8) is 0 Å². The van der Waals surface area contributed by atoms with Gasteiger partial charge >= 0.3 is 0 Å². The van der Waals surface area contributed by atoms with E-state index < -0.39 is 0 Å². The zero-order chi connectivity index (χ0) is 14.7. The third-order valence-electron chi connectivity index (χ3n) is 3.91. The Morgan fingerprint density at radius 1 is 1.25 bits per heavy atom. The van der Waals surface area contributed by atoms with Crippen LogP contribution in [-0.4, -0.2) is 0 Å². The van der Waals surface area contributed by atoms with Gasteiger partial charge in [0.2, 0.25) is 0 Å². The lowest BCUT2D eigenvalue weighted by Crippen LogP contribution is -2.00. The maximum Gasteiger partial charge on any atom is 0.0510 e. The van der Waals surface area contributed by atoms with E-state index in [1.165, 1.54) is 16.7 Å². The minimum absolute atomic E-state index is 0.392. The quantitative estimate of drug-likeness (QED) is 0.626. The molecule has 0 aliphatic heterocycles. The number of aryl methyl sites for hydroxylation is 1. The van der Waals surface area contributed by atoms with E-state index in [4.69, 9.17) is 11.6 Å². The van der Waals surface area contributed by atoms with Crippen molar-refractivity contribution in [2.75, 3.05) is 0 Å². The summed E-state index contributed by atoms with van der Waals surface area (Å²) in [6.45, 7) is 10.3. The summed E-state index contributed by atoms with van der Waals surface area (Å²) in [5, 5.41) is 0.860. The highest BCUT2D eigenvalue weighted by molar-refractivity contribution is 6.33. The molecule has 0 bridgehead atoms. The summed E-state index contributed by atoms with van der Waals surface area (Å²) in [5.41, 5.74) is 6.02. The first kappa shape index (κ1) is 14.9. The van der Waals surface area contributed by atoms with Crippen molar-refractivity contribution in [2.45, 2.75) is 27.2 Å². The van der Waals surface area contributed by atoms with Gasteiger partial charge in [-0.3, -0.25) is 0 Å². The van der Waals surface area contributed by atoms with Gasteiger partial charge in [-0.1, -0.05) is 67.6 Å². The molecule has 2 rings (SSSR count). The molecule has 0 radical (unpaired) electrons. The summed E-state index contributed by atoms with van der Waals surface area (Å²) >= 11 is 6.51. The van der Waals surface area contributed by atoms with Crippen LogP contribution in [0.4, 0.5) is 0 Å². The standard InChI is InChI=1S/C19H21Cl/c1-5-15-10-11-17(16(6-2)12-14(15)4)18-9-7-8-13(3)19(18)20/h5,7-12,16H,1,6H2,2-4H3. The summed E-state index contributed by atoms with van der Waals surface area (Å²) < 4.78 is 0. The summed E-state index contributed by atoms with van der Waals surface area (Å²) in [7, 11) is 0. The zero-order valence-corrected chi connectivity index (χ0v) is 13.2. The Balaban J connectivity index is 2.59. The average Bonchev–Trinajstić information content (AvgIpc) is 2.60. The normalized spacial score (nSPS) is 18.8. The first-order valence-electron chi connectivity index (χ1n) is 7.07. The molecule has 0 saturated carbocycles. The van der Waals surface area contributed by atoms with E-state index >= 15 is 0 Å². The Labute approximate surface area is 127 Å². The molecule has 1 aliphatic rings. The fourth-order valence-electron chi connectivity index (χ4n) is 2.65. The van der Waals surface area contributed by atoms with Crippen molar-refractivity contribution >= 4 is 17.2 Å². The highest BCUT2D eigenvalue weighted by Crippen LogP contribution is 2.36. The third-order valence-corrected chi connectivity index (χ3v) is 4.41. The molecule has 0 spiro atoms. The minimum Gasteiger partial charge on any atom is -0.0985 e. The van der Waals surface area contributed by atoms with Gasteiger partial charge in [-0.25, -0.2) is 0 Å². The maximum absolute atomic E-state index is 6.51. The summed E-state index contributed by atoms with van der Waals surface area (Å²) in [6, 6.07) is 6.24. The second-order valence-corrected chi connectivity index (χ2v) is 5.63. The van der Waals surface area contributed by atoms with Crippen LogP contribution in [0.5, 0.6) is 0 Å². The van der Waals surface area contributed by atoms with Crippen LogP contribution in [-0.2, 0) is 0 Å². The van der Waals surface area contributed by atoms with E-state index in [9.17, 15) is 0 Å². The van der Waals surface area contributed by atoms with Crippen molar-refractivity contribution < 1.29 is 0 Å². The SMILES string of the molecule is C=CC1=CC=C(c2cccc(C)c2Cl)C(CC)C=C1C. The van der Waals surface area contributed by atoms with Crippen LogP contribution < -0.4 is 0 Å². The first-order chi connectivity index (χ1) is 9.58. The zero-order valence-electron chi connectivity index (χ0n) is 12.4. The number of halogens is 1. The van der Waals surface area contributed by atoms with Crippen LogP contribution in [0, 0.1) is 12.8 Å². The number of allylic oxidation sites excluding steroid dienone is 7. The van der Waals surface area contributed by atoms with Crippen molar-refractivity contribution in [1.29, 1.82) is 0 Å². The van der Waals surface area contributed by atoms with Crippen molar-refractivity contribution in [3.8, 4) is 0 Å². The first-order valence-corrected chi connectivity index (χ1v) is 7.44. The Morgan fingerprint density at radius 2 is 2.00 bits per heavy atom. The van der Waals surface area contributed by atoms with Crippen molar-refractivity contribution in [2.24, 2.45) is 5.92 Å². The van der Waals surface area contributed by atoms with Gasteiger partial charge in [-0.05, 0) is 48.1 Å². The predicted molar refractivity (Wildman–Crippen MR) is 90.0 cm³/mol. The Morgan fingerprint density at radius 3 is 2.65 bits per heavy atom. The minimum atomic E-state index is 0.392. The van der Waals surface area contributed by atoms with Gasteiger partial charge in [0, 0.05) is 5.92 Å². The fourth-order valence-corrected chi connectivity index (χ4v) is 2.88. The lowest BCUT2D eigenvalue weighted by atomic mass is 9.88. The molecule has 104 valence electrons. The van der Waals surface area contributed by atoms with Crippen molar-refractivity contribution in [1.82, 2.24) is 0 Å². The molecule has 1 aliphatic carbocycles. The lowest BCUT2D eigenvalue weighted by molar-refractivity contribution is 0.789. The maximum atomic E-state index is 6.51. The van der Waals surface area contributed by atoms with Crippen LogP contribution >= 0.6 is 11.6 Å². The highest BCUT2D eigenvalue weighted by atomic mass is 35.5. The van der Waals surface area contributed by atoms with Gasteiger partial charge < -0.3 is 0 Å². The summed E-state index contributed by atoms with van der Waals surface area (Å²) in [4.78, 5) is 0. The molecule has 0 nitrogen and oxygen atoms in total. The van der Waals surface area contributed by atoms with E-state index in [0.717, 1.165) is 22.6 Å². The number of hydrogen-bond donors (Lipinski definition) is 0. The highest BCUT2D eigenvalue weighted by Gasteiger charge is 2.17. The molecule has 0 aromatic heterocycles. The van der Waals surface area contributed by atoms with Crippen LogP contribution in [0.3, 0.4) is 0 Å². The Bertz CT molecular complexity index is 615. The molecule has 1 atom stereocenters. The van der Waals surface area contributed by atoms with Crippen LogP contribution in [0.1, 0.15) is 31.4 Å². The van der Waals surface area contributed by atoms with E-state index in [1.807, 2.05) is 6.08 Å². The Kier molecular flexibility index (Phi) is 4.67. The second kappa shape index (κ2) is 6.28. The number of rotatable bonds is 3. The van der Waals surface area contributed by atoms with Crippen LogP contribution in [0.15, 0.2) is 60.2 Å². The molecule has 0 fully saturated rings. The van der Waals surface area contributed by atoms with Gasteiger partial charge in [-0.15, -0.1) is 0 Å². The van der Waals surface area contributed by atoms with E-state index in [1.54, 1.807) is 0 Å². The van der Waals surface area contributed by atoms with Gasteiger partial charge in [0.1, 0.15) is 0 Å². The molecule has 0 N–H and O–H groups in total. The Hall–Kier alpha value is -1.53. The molecule has 0 saturated heterocycles. The van der Waals surface area contributed by atoms with Gasteiger partial charge in [-0.2, -0.15) is 0 Å². The molecular formula is C19H21Cl. The average molecular weight is 285 g/mol. The van der Waals surface area contributed by atoms with Crippen molar-refractivity contribution in [3.05, 3.63) is 76.4 Å². The molecule has 20 heavy (non-hydrogen) atoms. The third kappa shape index (κ3) is 2.81. The largest absolute Gasteiger partial charge is 0.0985 e. The predicted octanol–water partition coefficient (Wildman–Crippen LogP) is 6.13. The number of hydrogen-bond acceptors (Lipinski definition) is 0. The van der Waals surface area contributed by atoms with Crippen LogP contribution in [0.25, 0.3) is 5.57 Å². The fraction of sp³-hybridized carbons (Fsp3) is 0.263. The molecule has 1 heteroatoms. The molecular weight excluding hydrogens is 264 g/mol. The number of benzene rings is 1. The van der Waals surface area contributed by atoms with E-state index in [-0.39, 0.29) is 0 Å². The smallest absolute Gasteiger partial charge is 0.0510 e. The molecule has 1 aromatic rings. The second-order valence-electron chi connectivity index (χ2n) is 5.25. The monoisotopic (exact) mass is 284 g/mol. The molecule has 0 heterocycles. The molecule has 1 aromatic carbocycles. The summed E-state index contributed by atoms with van der Waals surface area (Å²) in [6.07, 6.45) is 9.63. The van der Waals surface area contributed by atoms with Crippen LogP contribution in [0.2, 0.25) is 5.02 Å². The molecule has 0 amide bonds. The molecule has 1 unspecified atom stereocenters. The van der Waals surface area contributed by atoms with E-state index in [0.29, 0.717) is 5.92 Å². The topological polar surface area (TPSA) is 0 Å². The van der Waals surface area contributed by atoms with Gasteiger partial charge in [0.25, 0.3) is 0 Å². The van der Waals surface area contributed by atoms with Gasteiger partial charge in [0.15, 0.2) is 0 Å². The summed E-state index contributed by atoms with van der Waals surface area (Å²) in [5.74, 6) is 0.392. The van der Waals surface area contributed by atoms with Gasteiger partial charge in [0.05, 0.1) is 5.02 Å². The van der Waals surface area contributed by atoms with E-state index in [2.05, 4.69) is 63.8 Å².